The van der Waals surface area contributed by atoms with Gasteiger partial charge in [0.05, 0.1) is 18.2 Å². The second-order valence-electron chi connectivity index (χ2n) is 3.13. The summed E-state index contributed by atoms with van der Waals surface area (Å²) in [7, 11) is 0. The minimum Gasteiger partial charge on any atom is -0.483 e. The molecular weight excluding hydrogens is 201 g/mol. The standard InChI is InChI=1S/C10H8FNO3/c11-8-1-6(3-12)2-9-10(8)14-5-7(4-13)15-9/h1-2,7,13H,4-5H2. The van der Waals surface area contributed by atoms with Crippen LogP contribution in [0.15, 0.2) is 12.1 Å². The molecule has 1 aromatic carbocycles. The fraction of sp³-hybridized carbons (Fsp3) is 0.300. The highest BCUT2D eigenvalue weighted by atomic mass is 19.1. The van der Waals surface area contributed by atoms with Crippen molar-refractivity contribution < 1.29 is 19.0 Å². The summed E-state index contributed by atoms with van der Waals surface area (Å²) in [4.78, 5) is 0. The molecule has 1 aliphatic rings. The molecule has 1 aliphatic heterocycles. The van der Waals surface area contributed by atoms with E-state index in [0.29, 0.717) is 0 Å². The van der Waals surface area contributed by atoms with Gasteiger partial charge in [0.1, 0.15) is 6.61 Å². The molecule has 0 bridgehead atoms. The number of aliphatic hydroxyl groups is 1. The van der Waals surface area contributed by atoms with Crippen molar-refractivity contribution in [2.75, 3.05) is 13.2 Å². The lowest BCUT2D eigenvalue weighted by atomic mass is 10.2. The molecule has 0 saturated carbocycles. The number of hydrogen-bond acceptors (Lipinski definition) is 4. The summed E-state index contributed by atoms with van der Waals surface area (Å²) in [6.07, 6.45) is -0.508. The van der Waals surface area contributed by atoms with E-state index in [-0.39, 0.29) is 30.3 Å². The van der Waals surface area contributed by atoms with E-state index in [1.165, 1.54) is 6.07 Å². The van der Waals surface area contributed by atoms with Crippen LogP contribution in [0.3, 0.4) is 0 Å². The third kappa shape index (κ3) is 1.72. The molecule has 1 aromatic rings. The van der Waals surface area contributed by atoms with E-state index in [0.717, 1.165) is 6.07 Å². The van der Waals surface area contributed by atoms with E-state index >= 15 is 0 Å². The predicted octanol–water partition coefficient (Wildman–Crippen LogP) is 0.829. The third-order valence-corrected chi connectivity index (χ3v) is 2.05. The highest BCUT2D eigenvalue weighted by Gasteiger charge is 2.24. The van der Waals surface area contributed by atoms with E-state index in [9.17, 15) is 4.39 Å². The van der Waals surface area contributed by atoms with Crippen molar-refractivity contribution in [2.45, 2.75) is 6.10 Å². The normalized spacial score (nSPS) is 18.3. The molecule has 5 heteroatoms. The van der Waals surface area contributed by atoms with Gasteiger partial charge in [-0.25, -0.2) is 4.39 Å². The van der Waals surface area contributed by atoms with Crippen molar-refractivity contribution in [3.63, 3.8) is 0 Å². The Morgan fingerprint density at radius 3 is 3.07 bits per heavy atom. The molecule has 4 nitrogen and oxygen atoms in total. The average molecular weight is 209 g/mol. The molecule has 0 amide bonds. The zero-order chi connectivity index (χ0) is 10.8. The molecule has 0 aromatic heterocycles. The second kappa shape index (κ2) is 3.75. The van der Waals surface area contributed by atoms with Gasteiger partial charge in [-0.3, -0.25) is 0 Å². The molecule has 0 spiro atoms. The number of nitriles is 1. The summed E-state index contributed by atoms with van der Waals surface area (Å²) in [6.45, 7) is -0.107. The van der Waals surface area contributed by atoms with E-state index in [1.54, 1.807) is 0 Å². The van der Waals surface area contributed by atoms with Gasteiger partial charge in [0.15, 0.2) is 23.4 Å². The SMILES string of the molecule is N#Cc1cc(F)c2c(c1)OC(CO)CO2. The fourth-order valence-electron chi connectivity index (χ4n) is 1.34. The first kappa shape index (κ1) is 9.74. The number of hydrogen-bond donors (Lipinski definition) is 1. The Hall–Kier alpha value is -1.80. The van der Waals surface area contributed by atoms with Crippen molar-refractivity contribution >= 4 is 0 Å². The summed E-state index contributed by atoms with van der Waals surface area (Å²) in [6, 6.07) is 4.29. The van der Waals surface area contributed by atoms with E-state index in [4.69, 9.17) is 19.8 Å². The monoisotopic (exact) mass is 209 g/mol. The lowest BCUT2D eigenvalue weighted by Gasteiger charge is -2.25. The molecule has 15 heavy (non-hydrogen) atoms. The van der Waals surface area contributed by atoms with Gasteiger partial charge < -0.3 is 14.6 Å². The molecule has 1 atom stereocenters. The molecule has 78 valence electrons. The predicted molar refractivity (Wildman–Crippen MR) is 48.1 cm³/mol. The van der Waals surface area contributed by atoms with Crippen LogP contribution in [-0.2, 0) is 0 Å². The van der Waals surface area contributed by atoms with Crippen LogP contribution in [0.25, 0.3) is 0 Å². The van der Waals surface area contributed by atoms with Gasteiger partial charge in [0.2, 0.25) is 0 Å². The number of rotatable bonds is 1. The van der Waals surface area contributed by atoms with Gasteiger partial charge in [0, 0.05) is 6.07 Å². The Morgan fingerprint density at radius 2 is 2.40 bits per heavy atom. The number of benzene rings is 1. The third-order valence-electron chi connectivity index (χ3n) is 2.05. The zero-order valence-corrected chi connectivity index (χ0v) is 7.74. The van der Waals surface area contributed by atoms with Gasteiger partial charge in [-0.15, -0.1) is 0 Å². The molecular formula is C10H8FNO3. The first-order valence-electron chi connectivity index (χ1n) is 4.38. The first-order chi connectivity index (χ1) is 7.24. The minimum atomic E-state index is -0.625. The maximum atomic E-state index is 13.3. The molecule has 1 heterocycles. The van der Waals surface area contributed by atoms with Crippen molar-refractivity contribution in [3.05, 3.63) is 23.5 Å². The second-order valence-corrected chi connectivity index (χ2v) is 3.13. The molecule has 1 N–H and O–H groups in total. The summed E-state index contributed by atoms with van der Waals surface area (Å²) >= 11 is 0. The van der Waals surface area contributed by atoms with Crippen LogP contribution < -0.4 is 9.47 Å². The Bertz CT molecular complexity index is 427. The van der Waals surface area contributed by atoms with Crippen molar-refractivity contribution in [1.82, 2.24) is 0 Å². The van der Waals surface area contributed by atoms with Crippen LogP contribution in [-0.4, -0.2) is 24.4 Å². The number of halogens is 1. The van der Waals surface area contributed by atoms with Gasteiger partial charge in [-0.1, -0.05) is 0 Å². The molecule has 1 unspecified atom stereocenters. The van der Waals surface area contributed by atoms with Crippen LogP contribution in [0, 0.1) is 17.1 Å². The van der Waals surface area contributed by atoms with Crippen LogP contribution in [0.1, 0.15) is 5.56 Å². The Labute approximate surface area is 85.5 Å². The van der Waals surface area contributed by atoms with E-state index < -0.39 is 11.9 Å². The molecule has 0 aliphatic carbocycles. The summed E-state index contributed by atoms with van der Waals surface area (Å²) in [5.41, 5.74) is 0.161. The number of ether oxygens (including phenoxy) is 2. The molecule has 0 fully saturated rings. The van der Waals surface area contributed by atoms with Gasteiger partial charge in [-0.2, -0.15) is 5.26 Å². The first-order valence-corrected chi connectivity index (χ1v) is 4.38. The highest BCUT2D eigenvalue weighted by Crippen LogP contribution is 2.35. The van der Waals surface area contributed by atoms with Crippen molar-refractivity contribution in [2.24, 2.45) is 0 Å². The van der Waals surface area contributed by atoms with Gasteiger partial charge >= 0.3 is 0 Å². The molecule has 0 radical (unpaired) electrons. The van der Waals surface area contributed by atoms with Crippen molar-refractivity contribution in [3.8, 4) is 17.6 Å². The highest BCUT2D eigenvalue weighted by molar-refractivity contribution is 5.48. The van der Waals surface area contributed by atoms with Crippen LogP contribution in [0.5, 0.6) is 11.5 Å². The quantitative estimate of drug-likeness (QED) is 0.744. The van der Waals surface area contributed by atoms with Gasteiger partial charge in [-0.05, 0) is 6.07 Å². The smallest absolute Gasteiger partial charge is 0.197 e. The van der Waals surface area contributed by atoms with Crippen LogP contribution >= 0.6 is 0 Å². The number of aliphatic hydroxyl groups excluding tert-OH is 1. The lowest BCUT2D eigenvalue weighted by Crippen LogP contribution is -2.32. The Balaban J connectivity index is 2.41. The summed E-state index contributed by atoms with van der Waals surface area (Å²) in [5, 5.41) is 17.5. The van der Waals surface area contributed by atoms with Crippen molar-refractivity contribution in [1.29, 1.82) is 5.26 Å². The maximum absolute atomic E-state index is 13.3. The zero-order valence-electron chi connectivity index (χ0n) is 7.74. The number of nitrogens with zero attached hydrogens (tertiary/aromatic N) is 1. The number of fused-ring (bicyclic) bond motifs is 1. The molecule has 0 saturated heterocycles. The average Bonchev–Trinajstić information content (AvgIpc) is 2.28. The summed E-state index contributed by atoms with van der Waals surface area (Å²) in [5.74, 6) is -0.462. The fourth-order valence-corrected chi connectivity index (χ4v) is 1.34. The van der Waals surface area contributed by atoms with E-state index in [2.05, 4.69) is 0 Å². The maximum Gasteiger partial charge on any atom is 0.197 e. The van der Waals surface area contributed by atoms with Gasteiger partial charge in [0.25, 0.3) is 0 Å². The lowest BCUT2D eigenvalue weighted by molar-refractivity contribution is 0.0429. The van der Waals surface area contributed by atoms with Crippen LogP contribution in [0.2, 0.25) is 0 Å². The summed E-state index contributed by atoms with van der Waals surface area (Å²) < 4.78 is 23.7. The molecule has 2 rings (SSSR count). The Morgan fingerprint density at radius 1 is 1.60 bits per heavy atom. The van der Waals surface area contributed by atoms with Crippen LogP contribution in [0.4, 0.5) is 4.39 Å². The van der Waals surface area contributed by atoms with E-state index in [1.807, 2.05) is 6.07 Å². The Kier molecular flexibility index (Phi) is 2.44. The minimum absolute atomic E-state index is 0.00120. The topological polar surface area (TPSA) is 62.5 Å². The largest absolute Gasteiger partial charge is 0.483 e.